The largest absolute Gasteiger partial charge is 0.462 e. The normalized spacial score (nSPS) is 13.2. The predicted octanol–water partition coefficient (Wildman–Crippen LogP) is 25.4. The molecule has 0 aromatic rings. The first kappa shape index (κ1) is 81.5. The number of aliphatic hydroxyl groups is 1. The number of esters is 2. The smallest absolute Gasteiger partial charge is 0.306 e. The number of ether oxygens (including phenoxy) is 2. The van der Waals surface area contributed by atoms with Gasteiger partial charge in [0.1, 0.15) is 6.61 Å². The van der Waals surface area contributed by atoms with Crippen LogP contribution in [0.2, 0.25) is 0 Å². The highest BCUT2D eigenvalue weighted by Gasteiger charge is 2.16. The van der Waals surface area contributed by atoms with Gasteiger partial charge in [-0.15, -0.1) is 0 Å². The molecule has 0 heterocycles. The molecule has 86 heavy (non-hydrogen) atoms. The van der Waals surface area contributed by atoms with Crippen LogP contribution in [0.5, 0.6) is 0 Å². The molecule has 0 saturated heterocycles. The zero-order chi connectivity index (χ0) is 61.9. The highest BCUT2D eigenvalue weighted by Crippen LogP contribution is 2.17. The molecule has 0 rings (SSSR count). The molecule has 1 unspecified atom stereocenters. The summed E-state index contributed by atoms with van der Waals surface area (Å²) in [7, 11) is 0. The Bertz CT molecular complexity index is 1830. The maximum atomic E-state index is 12.4. The summed E-state index contributed by atoms with van der Waals surface area (Å²) >= 11 is 0. The Labute approximate surface area is 532 Å². The van der Waals surface area contributed by atoms with Crippen LogP contribution in [-0.2, 0) is 19.1 Å². The van der Waals surface area contributed by atoms with Crippen molar-refractivity contribution in [3.05, 3.63) is 158 Å². The predicted molar refractivity (Wildman–Crippen MR) is 380 cm³/mol. The molecule has 1 N–H and O–H groups in total. The summed E-state index contributed by atoms with van der Waals surface area (Å²) in [6, 6.07) is 0. The first-order chi connectivity index (χ1) is 42.6. The van der Waals surface area contributed by atoms with E-state index in [2.05, 4.69) is 172 Å². The Morgan fingerprint density at radius 2 is 0.465 bits per heavy atom. The highest BCUT2D eigenvalue weighted by molar-refractivity contribution is 5.70. The van der Waals surface area contributed by atoms with E-state index in [1.54, 1.807) is 0 Å². The lowest BCUT2D eigenvalue weighted by molar-refractivity contribution is -0.161. The third kappa shape index (κ3) is 72.0. The summed E-state index contributed by atoms with van der Waals surface area (Å²) in [5, 5.41) is 9.71. The molecule has 5 heteroatoms. The highest BCUT2D eigenvalue weighted by atomic mass is 16.6. The fourth-order valence-corrected chi connectivity index (χ4v) is 10.0. The fraction of sp³-hybridized carbons (Fsp3) is 0.654. The van der Waals surface area contributed by atoms with Crippen molar-refractivity contribution in [2.75, 3.05) is 13.2 Å². The molecule has 0 amide bonds. The number of carbonyl (C=O) groups is 2. The summed E-state index contributed by atoms with van der Waals surface area (Å²) in [4.78, 5) is 24.7. The van der Waals surface area contributed by atoms with Gasteiger partial charge < -0.3 is 14.6 Å². The Morgan fingerprint density at radius 1 is 0.267 bits per heavy atom. The molecular weight excluding hydrogens is 1050 g/mol. The van der Waals surface area contributed by atoms with Crippen LogP contribution in [0.15, 0.2) is 158 Å². The van der Waals surface area contributed by atoms with E-state index >= 15 is 0 Å². The van der Waals surface area contributed by atoms with Crippen molar-refractivity contribution >= 4 is 11.9 Å². The first-order valence-electron chi connectivity index (χ1n) is 36.0. The van der Waals surface area contributed by atoms with Crippen molar-refractivity contribution in [3.8, 4) is 0 Å². The van der Waals surface area contributed by atoms with Gasteiger partial charge in [0.15, 0.2) is 6.10 Å². The number of hydrogen-bond donors (Lipinski definition) is 1. The van der Waals surface area contributed by atoms with Crippen molar-refractivity contribution in [2.24, 2.45) is 0 Å². The maximum absolute atomic E-state index is 12.4. The number of rotatable bonds is 65. The average molecular weight is 1190 g/mol. The van der Waals surface area contributed by atoms with Gasteiger partial charge in [-0.05, 0) is 122 Å². The zero-order valence-corrected chi connectivity index (χ0v) is 56.0. The Kier molecular flexibility index (Phi) is 70.9. The van der Waals surface area contributed by atoms with E-state index in [1.807, 2.05) is 0 Å². The number of allylic oxidation sites excluding steroid dienone is 26. The van der Waals surface area contributed by atoms with E-state index in [1.165, 1.54) is 173 Å². The number of hydrogen-bond acceptors (Lipinski definition) is 5. The van der Waals surface area contributed by atoms with E-state index in [-0.39, 0.29) is 25.2 Å². The number of carbonyl (C=O) groups excluding carboxylic acids is 2. The minimum absolute atomic E-state index is 0.0703. The molecule has 0 aliphatic heterocycles. The number of unbranched alkanes of at least 4 members (excludes halogenated alkanes) is 31. The van der Waals surface area contributed by atoms with Gasteiger partial charge in [-0.1, -0.05) is 345 Å². The lowest BCUT2D eigenvalue weighted by Gasteiger charge is -2.15. The summed E-state index contributed by atoms with van der Waals surface area (Å²) in [6.07, 6.45) is 114. The molecule has 0 saturated carbocycles. The van der Waals surface area contributed by atoms with Gasteiger partial charge in [0, 0.05) is 12.8 Å². The van der Waals surface area contributed by atoms with Crippen LogP contribution in [0.1, 0.15) is 322 Å². The second kappa shape index (κ2) is 74.8. The summed E-state index contributed by atoms with van der Waals surface area (Å²) in [5.74, 6) is -0.587. The average Bonchev–Trinajstić information content (AvgIpc) is 3.55. The Morgan fingerprint density at radius 3 is 0.698 bits per heavy atom. The zero-order valence-electron chi connectivity index (χ0n) is 56.0. The van der Waals surface area contributed by atoms with Crippen LogP contribution in [0.3, 0.4) is 0 Å². The molecule has 0 aromatic carbocycles. The standard InChI is InChI=1S/C81H134O5/c1-3-5-7-9-11-13-15-17-19-21-23-25-27-29-31-33-35-37-38-39-40-41-42-44-46-48-50-52-54-56-58-60-62-64-66-68-70-72-74-76-81(84)86-79(77-82)78-85-80(83)75-73-71-69-67-65-63-61-59-57-55-53-51-49-47-45-43-36-34-32-30-28-26-24-22-20-18-16-14-12-10-8-6-4-2/h5-8,11-14,17-20,23-26,29-32,35,37,39-40,42,44,79,82H,3-4,9-10,15-16,21-22,27-28,33-34,36,38,41,43,45-78H2,1-2H3/b7-5-,8-6-,13-11-,14-12-,19-17-,20-18-,25-23-,26-24-,31-29-,32-30-,37-35-,40-39-,44-42-. The van der Waals surface area contributed by atoms with Crippen LogP contribution >= 0.6 is 0 Å². The molecule has 488 valence electrons. The Hall–Kier alpha value is -4.48. The second-order valence-electron chi connectivity index (χ2n) is 23.6. The molecule has 0 aliphatic rings. The van der Waals surface area contributed by atoms with E-state index in [9.17, 15) is 14.7 Å². The molecular formula is C81H134O5. The topological polar surface area (TPSA) is 72.8 Å². The SMILES string of the molecule is CC/C=C\C/C=C\C/C=C\C/C=C\C/C=C\C/C=C\C/C=C\C/C=C\CCCCCCCCCCCCCCCCC(=O)OC(CO)COC(=O)CCCCCCCCCCCCCCCCCCC/C=C\C/C=C\C/C=C\C/C=C\C/C=C\CC. The van der Waals surface area contributed by atoms with Crippen LogP contribution in [-0.4, -0.2) is 36.4 Å². The third-order valence-corrected chi connectivity index (χ3v) is 15.3. The summed E-state index contributed by atoms with van der Waals surface area (Å²) < 4.78 is 10.8. The third-order valence-electron chi connectivity index (χ3n) is 15.3. The molecule has 0 bridgehead atoms. The van der Waals surface area contributed by atoms with E-state index < -0.39 is 6.10 Å². The van der Waals surface area contributed by atoms with Gasteiger partial charge in [0.2, 0.25) is 0 Å². The lowest BCUT2D eigenvalue weighted by atomic mass is 10.0. The van der Waals surface area contributed by atoms with Crippen molar-refractivity contribution in [3.63, 3.8) is 0 Å². The number of aliphatic hydroxyl groups excluding tert-OH is 1. The van der Waals surface area contributed by atoms with Gasteiger partial charge in [0.25, 0.3) is 0 Å². The first-order valence-corrected chi connectivity index (χ1v) is 36.0. The van der Waals surface area contributed by atoms with Crippen LogP contribution in [0.4, 0.5) is 0 Å². The summed E-state index contributed by atoms with van der Waals surface area (Å²) in [5.41, 5.74) is 0. The van der Waals surface area contributed by atoms with Gasteiger partial charge in [-0.25, -0.2) is 0 Å². The molecule has 5 nitrogen and oxygen atoms in total. The lowest BCUT2D eigenvalue weighted by Crippen LogP contribution is -2.28. The van der Waals surface area contributed by atoms with Gasteiger partial charge in [-0.3, -0.25) is 9.59 Å². The second-order valence-corrected chi connectivity index (χ2v) is 23.6. The molecule has 1 atom stereocenters. The molecule has 0 aliphatic carbocycles. The van der Waals surface area contributed by atoms with Crippen LogP contribution < -0.4 is 0 Å². The monoisotopic (exact) mass is 1190 g/mol. The minimum Gasteiger partial charge on any atom is -0.462 e. The molecule has 0 aromatic heterocycles. The van der Waals surface area contributed by atoms with E-state index in [4.69, 9.17) is 9.47 Å². The van der Waals surface area contributed by atoms with Crippen LogP contribution in [0.25, 0.3) is 0 Å². The fourth-order valence-electron chi connectivity index (χ4n) is 10.0. The van der Waals surface area contributed by atoms with E-state index in [0.29, 0.717) is 12.8 Å². The van der Waals surface area contributed by atoms with Crippen molar-refractivity contribution in [1.82, 2.24) is 0 Å². The summed E-state index contributed by atoms with van der Waals surface area (Å²) in [6.45, 7) is 3.93. The van der Waals surface area contributed by atoms with Gasteiger partial charge in [0.05, 0.1) is 6.61 Å². The molecule has 0 fully saturated rings. The van der Waals surface area contributed by atoms with E-state index in [0.717, 1.165) is 122 Å². The molecule has 0 radical (unpaired) electrons. The van der Waals surface area contributed by atoms with Crippen molar-refractivity contribution < 1.29 is 24.2 Å². The minimum atomic E-state index is -0.782. The van der Waals surface area contributed by atoms with Gasteiger partial charge in [-0.2, -0.15) is 0 Å². The van der Waals surface area contributed by atoms with Crippen molar-refractivity contribution in [2.45, 2.75) is 328 Å². The van der Waals surface area contributed by atoms with Gasteiger partial charge >= 0.3 is 11.9 Å². The molecule has 0 spiro atoms. The Balaban J connectivity index is 3.49. The van der Waals surface area contributed by atoms with Crippen molar-refractivity contribution in [1.29, 1.82) is 0 Å². The van der Waals surface area contributed by atoms with Crippen LogP contribution in [0, 0.1) is 0 Å². The maximum Gasteiger partial charge on any atom is 0.306 e. The quantitative estimate of drug-likeness (QED) is 0.0373.